The first-order valence-electron chi connectivity index (χ1n) is 5.38. The molecular weight excluding hydrogens is 322 g/mol. The maximum absolute atomic E-state index is 13.0. The summed E-state index contributed by atoms with van der Waals surface area (Å²) in [6.45, 7) is 5.75. The van der Waals surface area contributed by atoms with Gasteiger partial charge in [-0.2, -0.15) is 0 Å². The summed E-state index contributed by atoms with van der Waals surface area (Å²) in [6, 6.07) is 2.48. The summed E-state index contributed by atoms with van der Waals surface area (Å²) in [5, 5.41) is 5.91. The highest BCUT2D eigenvalue weighted by atomic mass is 79.9. The van der Waals surface area contributed by atoms with E-state index in [0.29, 0.717) is 10.2 Å². The summed E-state index contributed by atoms with van der Waals surface area (Å²) in [7, 11) is 0. The molecule has 0 radical (unpaired) electrons. The van der Waals surface area contributed by atoms with E-state index >= 15 is 0 Å². The molecule has 0 atom stereocenters. The molecule has 1 rings (SSSR count). The van der Waals surface area contributed by atoms with Crippen molar-refractivity contribution in [3.63, 3.8) is 0 Å². The molecule has 1 aromatic rings. The molecule has 0 fully saturated rings. The Morgan fingerprint density at radius 2 is 2.06 bits per heavy atom. The summed E-state index contributed by atoms with van der Waals surface area (Å²) >= 11 is 9.08. The van der Waals surface area contributed by atoms with E-state index < -0.39 is 5.82 Å². The molecular formula is C12H15BrClFN2O. The number of amides is 1. The van der Waals surface area contributed by atoms with Crippen LogP contribution in [0.2, 0.25) is 5.02 Å². The van der Waals surface area contributed by atoms with Gasteiger partial charge < -0.3 is 10.6 Å². The fraction of sp³-hybridized carbons (Fsp3) is 0.417. The van der Waals surface area contributed by atoms with Crippen LogP contribution >= 0.6 is 27.5 Å². The Bertz CT molecular complexity index is 437. The Balaban J connectivity index is 2.67. The summed E-state index contributed by atoms with van der Waals surface area (Å²) in [4.78, 5) is 11.6. The lowest BCUT2D eigenvalue weighted by Crippen LogP contribution is -2.43. The fourth-order valence-corrected chi connectivity index (χ4v) is 2.30. The highest BCUT2D eigenvalue weighted by molar-refractivity contribution is 9.10. The van der Waals surface area contributed by atoms with Gasteiger partial charge in [-0.3, -0.25) is 4.79 Å². The fourth-order valence-electron chi connectivity index (χ4n) is 1.34. The third kappa shape index (κ3) is 4.82. The standard InChI is InChI=1S/C12H15BrClFN2O/c1-12(2,3)17-10(18)6-16-11-8(13)4-7(15)5-9(11)14/h4-5,16H,6H2,1-3H3,(H,17,18). The number of carbonyl (C=O) groups is 1. The molecule has 0 aliphatic heterocycles. The molecule has 0 saturated carbocycles. The monoisotopic (exact) mass is 336 g/mol. The molecule has 1 aromatic carbocycles. The number of benzene rings is 1. The molecule has 0 bridgehead atoms. The van der Waals surface area contributed by atoms with Gasteiger partial charge in [-0.1, -0.05) is 11.6 Å². The van der Waals surface area contributed by atoms with Crippen molar-refractivity contribution in [3.8, 4) is 0 Å². The van der Waals surface area contributed by atoms with Crippen LogP contribution in [0.3, 0.4) is 0 Å². The molecule has 0 aromatic heterocycles. The van der Waals surface area contributed by atoms with Crippen LogP contribution in [0.1, 0.15) is 20.8 Å². The number of carbonyl (C=O) groups excluding carboxylic acids is 1. The van der Waals surface area contributed by atoms with E-state index in [1.807, 2.05) is 20.8 Å². The minimum atomic E-state index is -0.434. The largest absolute Gasteiger partial charge is 0.374 e. The third-order valence-corrected chi connectivity index (χ3v) is 2.87. The Kier molecular flexibility index (Phi) is 4.99. The molecule has 6 heteroatoms. The van der Waals surface area contributed by atoms with E-state index in [4.69, 9.17) is 11.6 Å². The SMILES string of the molecule is CC(C)(C)NC(=O)CNc1c(Cl)cc(F)cc1Br. The van der Waals surface area contributed by atoms with Gasteiger partial charge in [-0.05, 0) is 48.8 Å². The van der Waals surface area contributed by atoms with Crippen LogP contribution in [-0.2, 0) is 4.79 Å². The zero-order valence-electron chi connectivity index (χ0n) is 10.4. The lowest BCUT2D eigenvalue weighted by molar-refractivity contribution is -0.120. The Labute approximate surface area is 119 Å². The van der Waals surface area contributed by atoms with Crippen LogP contribution < -0.4 is 10.6 Å². The van der Waals surface area contributed by atoms with E-state index in [-0.39, 0.29) is 23.0 Å². The molecule has 0 heterocycles. The molecule has 18 heavy (non-hydrogen) atoms. The number of anilines is 1. The molecule has 0 spiro atoms. The first-order valence-corrected chi connectivity index (χ1v) is 6.55. The van der Waals surface area contributed by atoms with Crippen molar-refractivity contribution >= 4 is 39.1 Å². The Hall–Kier alpha value is -0.810. The van der Waals surface area contributed by atoms with Crippen molar-refractivity contribution < 1.29 is 9.18 Å². The van der Waals surface area contributed by atoms with Gasteiger partial charge in [-0.25, -0.2) is 4.39 Å². The third-order valence-electron chi connectivity index (χ3n) is 1.95. The lowest BCUT2D eigenvalue weighted by atomic mass is 10.1. The average Bonchev–Trinajstić information content (AvgIpc) is 2.12. The van der Waals surface area contributed by atoms with Gasteiger partial charge in [0, 0.05) is 10.0 Å². The van der Waals surface area contributed by atoms with Crippen molar-refractivity contribution in [1.82, 2.24) is 5.32 Å². The van der Waals surface area contributed by atoms with Crippen molar-refractivity contribution in [1.29, 1.82) is 0 Å². The zero-order valence-corrected chi connectivity index (χ0v) is 12.7. The topological polar surface area (TPSA) is 41.1 Å². The van der Waals surface area contributed by atoms with Crippen molar-refractivity contribution in [2.24, 2.45) is 0 Å². The lowest BCUT2D eigenvalue weighted by Gasteiger charge is -2.21. The molecule has 2 N–H and O–H groups in total. The van der Waals surface area contributed by atoms with Crippen LogP contribution in [0.5, 0.6) is 0 Å². The molecule has 0 unspecified atom stereocenters. The molecule has 100 valence electrons. The summed E-state index contributed by atoms with van der Waals surface area (Å²) in [5.74, 6) is -0.591. The molecule has 3 nitrogen and oxygen atoms in total. The number of halogens is 3. The van der Waals surface area contributed by atoms with Gasteiger partial charge in [0.05, 0.1) is 17.3 Å². The summed E-state index contributed by atoms with van der Waals surface area (Å²) in [5.41, 5.74) is 0.213. The van der Waals surface area contributed by atoms with Crippen LogP contribution in [0.25, 0.3) is 0 Å². The van der Waals surface area contributed by atoms with Crippen LogP contribution in [0.4, 0.5) is 10.1 Å². The van der Waals surface area contributed by atoms with Gasteiger partial charge in [0.1, 0.15) is 5.82 Å². The first-order chi connectivity index (χ1) is 8.19. The van der Waals surface area contributed by atoms with Crippen molar-refractivity contribution in [3.05, 3.63) is 27.4 Å². The highest BCUT2D eigenvalue weighted by Gasteiger charge is 2.14. The maximum atomic E-state index is 13.0. The van der Waals surface area contributed by atoms with Crippen molar-refractivity contribution in [2.75, 3.05) is 11.9 Å². The van der Waals surface area contributed by atoms with Gasteiger partial charge >= 0.3 is 0 Å². The molecule has 0 aliphatic rings. The second-order valence-corrected chi connectivity index (χ2v) is 6.16. The minimum Gasteiger partial charge on any atom is -0.374 e. The van der Waals surface area contributed by atoms with E-state index in [0.717, 1.165) is 0 Å². The quantitative estimate of drug-likeness (QED) is 0.885. The summed E-state index contributed by atoms with van der Waals surface area (Å²) < 4.78 is 13.5. The van der Waals surface area contributed by atoms with Crippen LogP contribution in [0, 0.1) is 5.82 Å². The molecule has 0 saturated heterocycles. The minimum absolute atomic E-state index is 0.0707. The number of hydrogen-bond donors (Lipinski definition) is 2. The van der Waals surface area contributed by atoms with Gasteiger partial charge in [0.15, 0.2) is 0 Å². The average molecular weight is 338 g/mol. The van der Waals surface area contributed by atoms with Crippen molar-refractivity contribution in [2.45, 2.75) is 26.3 Å². The van der Waals surface area contributed by atoms with E-state index in [2.05, 4.69) is 26.6 Å². The second kappa shape index (κ2) is 5.89. The number of hydrogen-bond acceptors (Lipinski definition) is 2. The van der Waals surface area contributed by atoms with Crippen LogP contribution in [0.15, 0.2) is 16.6 Å². The predicted molar refractivity (Wildman–Crippen MR) is 75.5 cm³/mol. The van der Waals surface area contributed by atoms with Gasteiger partial charge in [-0.15, -0.1) is 0 Å². The highest BCUT2D eigenvalue weighted by Crippen LogP contribution is 2.31. The summed E-state index contributed by atoms with van der Waals surface area (Å²) in [6.07, 6.45) is 0. The normalized spacial score (nSPS) is 11.2. The predicted octanol–water partition coefficient (Wildman–Crippen LogP) is 3.57. The first kappa shape index (κ1) is 15.2. The zero-order chi connectivity index (χ0) is 13.9. The number of rotatable bonds is 3. The van der Waals surface area contributed by atoms with Gasteiger partial charge in [0.2, 0.25) is 5.91 Å². The van der Waals surface area contributed by atoms with E-state index in [1.54, 1.807) is 0 Å². The van der Waals surface area contributed by atoms with E-state index in [1.165, 1.54) is 12.1 Å². The van der Waals surface area contributed by atoms with E-state index in [9.17, 15) is 9.18 Å². The number of nitrogens with one attached hydrogen (secondary N) is 2. The molecule has 1 amide bonds. The Morgan fingerprint density at radius 3 is 2.56 bits per heavy atom. The second-order valence-electron chi connectivity index (χ2n) is 4.90. The van der Waals surface area contributed by atoms with Gasteiger partial charge in [0.25, 0.3) is 0 Å². The Morgan fingerprint density at radius 1 is 1.44 bits per heavy atom. The van der Waals surface area contributed by atoms with Crippen LogP contribution in [-0.4, -0.2) is 18.0 Å². The maximum Gasteiger partial charge on any atom is 0.239 e. The molecule has 0 aliphatic carbocycles. The smallest absolute Gasteiger partial charge is 0.239 e.